The lowest BCUT2D eigenvalue weighted by molar-refractivity contribution is 0.572. The van der Waals surface area contributed by atoms with E-state index in [1.807, 2.05) is 6.07 Å². The molecule has 92 valence electrons. The summed E-state index contributed by atoms with van der Waals surface area (Å²) in [5, 5.41) is 3.39. The van der Waals surface area contributed by atoms with Crippen molar-refractivity contribution >= 4 is 11.6 Å². The van der Waals surface area contributed by atoms with Crippen LogP contribution in [-0.4, -0.2) is 16.5 Å². The van der Waals surface area contributed by atoms with Gasteiger partial charge in [-0.2, -0.15) is 0 Å². The standard InChI is InChI=1S/C13H20N4/c1-13(2)6-9(13)7-15-11-5-10(14)16-12(17-11)8-3-4-8/h5,8-9H,3-4,6-7H2,1-2H3,(H3,14,15,16,17). The van der Waals surface area contributed by atoms with Gasteiger partial charge in [0.15, 0.2) is 0 Å². The van der Waals surface area contributed by atoms with Gasteiger partial charge in [0.2, 0.25) is 0 Å². The molecule has 0 aromatic carbocycles. The number of rotatable bonds is 4. The highest BCUT2D eigenvalue weighted by molar-refractivity contribution is 5.45. The van der Waals surface area contributed by atoms with E-state index in [9.17, 15) is 0 Å². The Kier molecular flexibility index (Phi) is 2.28. The summed E-state index contributed by atoms with van der Waals surface area (Å²) >= 11 is 0. The minimum atomic E-state index is 0.505. The lowest BCUT2D eigenvalue weighted by Crippen LogP contribution is -2.10. The molecule has 2 saturated carbocycles. The fourth-order valence-electron chi connectivity index (χ4n) is 2.25. The third-order valence-corrected chi connectivity index (χ3v) is 3.95. The Bertz CT molecular complexity index is 437. The van der Waals surface area contributed by atoms with E-state index in [0.717, 1.165) is 24.1 Å². The molecule has 0 radical (unpaired) electrons. The molecule has 1 atom stereocenters. The van der Waals surface area contributed by atoms with E-state index in [0.29, 0.717) is 17.2 Å². The minimum Gasteiger partial charge on any atom is -0.384 e. The topological polar surface area (TPSA) is 63.8 Å². The van der Waals surface area contributed by atoms with Crippen LogP contribution in [0.1, 0.15) is 44.9 Å². The minimum absolute atomic E-state index is 0.505. The van der Waals surface area contributed by atoms with E-state index in [1.54, 1.807) is 0 Å². The first-order valence-corrected chi connectivity index (χ1v) is 6.43. The predicted octanol–water partition coefficient (Wildman–Crippen LogP) is 2.39. The molecule has 0 bridgehead atoms. The van der Waals surface area contributed by atoms with Gasteiger partial charge in [-0.1, -0.05) is 13.8 Å². The summed E-state index contributed by atoms with van der Waals surface area (Å²) in [6, 6.07) is 1.83. The average molecular weight is 232 g/mol. The molecule has 1 aromatic heterocycles. The number of nitrogen functional groups attached to an aromatic ring is 1. The molecule has 4 heteroatoms. The van der Waals surface area contributed by atoms with Crippen LogP contribution in [0.2, 0.25) is 0 Å². The van der Waals surface area contributed by atoms with Crippen molar-refractivity contribution in [1.29, 1.82) is 0 Å². The van der Waals surface area contributed by atoms with Gasteiger partial charge in [0, 0.05) is 18.5 Å². The van der Waals surface area contributed by atoms with Crippen LogP contribution in [0.5, 0.6) is 0 Å². The molecule has 2 aliphatic rings. The Hall–Kier alpha value is -1.32. The van der Waals surface area contributed by atoms with Crippen LogP contribution >= 0.6 is 0 Å². The molecule has 1 heterocycles. The highest BCUT2D eigenvalue weighted by Gasteiger charge is 2.45. The van der Waals surface area contributed by atoms with Crippen molar-refractivity contribution in [1.82, 2.24) is 9.97 Å². The number of nitrogens with two attached hydrogens (primary N) is 1. The second-order valence-corrected chi connectivity index (χ2v) is 6.08. The van der Waals surface area contributed by atoms with Crippen molar-refractivity contribution in [3.63, 3.8) is 0 Å². The van der Waals surface area contributed by atoms with E-state index in [4.69, 9.17) is 5.73 Å². The molecule has 2 fully saturated rings. The number of anilines is 2. The number of hydrogen-bond acceptors (Lipinski definition) is 4. The molecule has 4 nitrogen and oxygen atoms in total. The molecule has 1 aromatic rings. The molecule has 0 saturated heterocycles. The summed E-state index contributed by atoms with van der Waals surface area (Å²) < 4.78 is 0. The van der Waals surface area contributed by atoms with Crippen LogP contribution in [0.3, 0.4) is 0 Å². The smallest absolute Gasteiger partial charge is 0.136 e. The van der Waals surface area contributed by atoms with Gasteiger partial charge in [-0.05, 0) is 30.6 Å². The zero-order valence-corrected chi connectivity index (χ0v) is 10.5. The Labute approximate surface area is 102 Å². The van der Waals surface area contributed by atoms with Gasteiger partial charge >= 0.3 is 0 Å². The fourth-order valence-corrected chi connectivity index (χ4v) is 2.25. The molecule has 17 heavy (non-hydrogen) atoms. The van der Waals surface area contributed by atoms with Crippen LogP contribution in [0, 0.1) is 11.3 Å². The first-order chi connectivity index (χ1) is 8.04. The van der Waals surface area contributed by atoms with Crippen molar-refractivity contribution in [3.05, 3.63) is 11.9 Å². The highest BCUT2D eigenvalue weighted by Crippen LogP contribution is 2.51. The molecule has 0 spiro atoms. The maximum absolute atomic E-state index is 5.81. The second-order valence-electron chi connectivity index (χ2n) is 6.08. The zero-order chi connectivity index (χ0) is 12.0. The summed E-state index contributed by atoms with van der Waals surface area (Å²) in [7, 11) is 0. The van der Waals surface area contributed by atoms with E-state index in [-0.39, 0.29) is 0 Å². The highest BCUT2D eigenvalue weighted by atomic mass is 15.1. The van der Waals surface area contributed by atoms with Crippen LogP contribution in [0.4, 0.5) is 11.6 Å². The monoisotopic (exact) mass is 232 g/mol. The zero-order valence-electron chi connectivity index (χ0n) is 10.5. The van der Waals surface area contributed by atoms with Crippen LogP contribution in [-0.2, 0) is 0 Å². The lowest BCUT2D eigenvalue weighted by atomic mass is 10.1. The number of aromatic nitrogens is 2. The SMILES string of the molecule is CC1(C)CC1CNc1cc(N)nc(C2CC2)n1. The van der Waals surface area contributed by atoms with Gasteiger partial charge in [-0.25, -0.2) is 9.97 Å². The van der Waals surface area contributed by atoms with Gasteiger partial charge < -0.3 is 11.1 Å². The quantitative estimate of drug-likeness (QED) is 0.836. The molecule has 1 unspecified atom stereocenters. The molecular weight excluding hydrogens is 212 g/mol. The Morgan fingerprint density at radius 2 is 2.12 bits per heavy atom. The summed E-state index contributed by atoms with van der Waals surface area (Å²) in [6.45, 7) is 5.61. The fraction of sp³-hybridized carbons (Fsp3) is 0.692. The van der Waals surface area contributed by atoms with Gasteiger partial charge in [0.25, 0.3) is 0 Å². The van der Waals surface area contributed by atoms with Crippen LogP contribution in [0.15, 0.2) is 6.07 Å². The third-order valence-electron chi connectivity index (χ3n) is 3.95. The molecule has 0 amide bonds. The van der Waals surface area contributed by atoms with Crippen molar-refractivity contribution in [3.8, 4) is 0 Å². The van der Waals surface area contributed by atoms with Gasteiger partial charge in [-0.15, -0.1) is 0 Å². The van der Waals surface area contributed by atoms with Crippen molar-refractivity contribution < 1.29 is 0 Å². The molecule has 3 rings (SSSR count). The van der Waals surface area contributed by atoms with Crippen LogP contribution < -0.4 is 11.1 Å². The predicted molar refractivity (Wildman–Crippen MR) is 68.8 cm³/mol. The van der Waals surface area contributed by atoms with E-state index < -0.39 is 0 Å². The summed E-state index contributed by atoms with van der Waals surface area (Å²) in [4.78, 5) is 8.83. The van der Waals surface area contributed by atoms with Gasteiger partial charge in [0.1, 0.15) is 17.5 Å². The maximum Gasteiger partial charge on any atom is 0.136 e. The molecular formula is C13H20N4. The van der Waals surface area contributed by atoms with Crippen molar-refractivity contribution in [2.45, 2.75) is 39.0 Å². The van der Waals surface area contributed by atoms with E-state index in [1.165, 1.54) is 19.3 Å². The molecule has 3 N–H and O–H groups in total. The third kappa shape index (κ3) is 2.35. The van der Waals surface area contributed by atoms with Gasteiger partial charge in [-0.3, -0.25) is 0 Å². The number of nitrogens with one attached hydrogen (secondary N) is 1. The lowest BCUT2D eigenvalue weighted by Gasteiger charge is -2.09. The first kappa shape index (κ1) is 10.8. The normalized spacial score (nSPS) is 25.6. The summed E-state index contributed by atoms with van der Waals surface area (Å²) in [6.07, 6.45) is 3.72. The van der Waals surface area contributed by atoms with Crippen molar-refractivity contribution in [2.75, 3.05) is 17.6 Å². The Balaban J connectivity index is 1.66. The largest absolute Gasteiger partial charge is 0.384 e. The van der Waals surface area contributed by atoms with Gasteiger partial charge in [0.05, 0.1) is 0 Å². The van der Waals surface area contributed by atoms with Crippen molar-refractivity contribution in [2.24, 2.45) is 11.3 Å². The molecule has 0 aliphatic heterocycles. The Morgan fingerprint density at radius 3 is 2.71 bits per heavy atom. The number of nitrogens with zero attached hydrogens (tertiary/aromatic N) is 2. The number of hydrogen-bond donors (Lipinski definition) is 2. The second kappa shape index (κ2) is 3.59. The Morgan fingerprint density at radius 1 is 1.41 bits per heavy atom. The first-order valence-electron chi connectivity index (χ1n) is 6.43. The molecule has 2 aliphatic carbocycles. The van der Waals surface area contributed by atoms with Crippen LogP contribution in [0.25, 0.3) is 0 Å². The summed E-state index contributed by atoms with van der Waals surface area (Å²) in [5.74, 6) is 3.71. The van der Waals surface area contributed by atoms with E-state index in [2.05, 4.69) is 29.1 Å². The maximum atomic E-state index is 5.81. The van der Waals surface area contributed by atoms with E-state index >= 15 is 0 Å². The average Bonchev–Trinajstić information content (AvgIpc) is 3.11. The summed E-state index contributed by atoms with van der Waals surface area (Å²) in [5.41, 5.74) is 6.31.